The van der Waals surface area contributed by atoms with Crippen molar-refractivity contribution < 1.29 is 23.1 Å². The molecule has 1 fully saturated rings. The first-order chi connectivity index (χ1) is 17.2. The summed E-state index contributed by atoms with van der Waals surface area (Å²) in [5.74, 6) is 2.72. The number of hydrogen-bond donors (Lipinski definition) is 0. The van der Waals surface area contributed by atoms with Crippen LogP contribution in [0.3, 0.4) is 0 Å². The number of imide groups is 1. The van der Waals surface area contributed by atoms with Crippen LogP contribution < -0.4 is 4.90 Å². The average molecular weight is 493 g/mol. The number of carbonyl (C=O) groups excluding carboxylic acids is 2. The summed E-state index contributed by atoms with van der Waals surface area (Å²) in [5.41, 5.74) is -0.506. The number of aryl methyl sites for hydroxylation is 1. The van der Waals surface area contributed by atoms with E-state index in [2.05, 4.69) is 16.9 Å². The number of ether oxygens (including phenoxy) is 1. The van der Waals surface area contributed by atoms with Crippen molar-refractivity contribution in [1.29, 1.82) is 0 Å². The van der Waals surface area contributed by atoms with Gasteiger partial charge in [0.25, 0.3) is 0 Å². The topological polar surface area (TPSA) is 67.7 Å². The molecule has 1 aliphatic rings. The first-order valence-electron chi connectivity index (χ1n) is 11.4. The van der Waals surface area contributed by atoms with Crippen molar-refractivity contribution in [2.75, 3.05) is 25.7 Å². The summed E-state index contributed by atoms with van der Waals surface area (Å²) in [5, 5.41) is 4.52. The second-order valence-corrected chi connectivity index (χ2v) is 8.74. The van der Waals surface area contributed by atoms with Crippen LogP contribution >= 0.6 is 0 Å². The van der Waals surface area contributed by atoms with Gasteiger partial charge < -0.3 is 9.64 Å². The van der Waals surface area contributed by atoms with E-state index in [4.69, 9.17) is 4.74 Å². The molecule has 0 bridgehead atoms. The average Bonchev–Trinajstić information content (AvgIpc) is 3.33. The van der Waals surface area contributed by atoms with Crippen molar-refractivity contribution in [3.63, 3.8) is 0 Å². The molecule has 186 valence electrons. The molecular weight excluding hydrogens is 466 g/mol. The van der Waals surface area contributed by atoms with Crippen LogP contribution in [0.15, 0.2) is 54.7 Å². The summed E-state index contributed by atoms with van der Waals surface area (Å²) in [6.45, 7) is 2.89. The number of carbonyl (C=O) groups is 2. The third kappa shape index (κ3) is 4.86. The molecule has 1 atom stereocenters. The maximum atomic E-state index is 15.1. The van der Waals surface area contributed by atoms with Crippen LogP contribution in [0.25, 0.3) is 0 Å². The standard InChI is InChI=1S/C27H26F2N4O3/c1-27(23-12-14-32(30-23)13-7-15-36-3)18-24(34)33(26(35)31(27)2)25-21(28)16-20(17-22(25)29)11-10-19-8-5-4-6-9-19/h4-6,8-9,12,14,16-17H,7,13,15,18H2,1-3H3/t27-/m0/s1. The monoisotopic (exact) mass is 492 g/mol. The molecule has 9 heteroatoms. The quantitative estimate of drug-likeness (QED) is 0.380. The Balaban J connectivity index is 1.59. The molecule has 0 N–H and O–H groups in total. The Hall–Kier alpha value is -4.03. The van der Waals surface area contributed by atoms with Gasteiger partial charge in [-0.3, -0.25) is 9.48 Å². The lowest BCUT2D eigenvalue weighted by Gasteiger charge is -2.44. The van der Waals surface area contributed by atoms with Gasteiger partial charge in [-0.05, 0) is 43.7 Å². The summed E-state index contributed by atoms with van der Waals surface area (Å²) in [6, 6.07) is 11.9. The lowest BCUT2D eigenvalue weighted by molar-refractivity contribution is -0.122. The van der Waals surface area contributed by atoms with Crippen LogP contribution in [-0.2, 0) is 21.6 Å². The van der Waals surface area contributed by atoms with Crippen molar-refractivity contribution in [1.82, 2.24) is 14.7 Å². The second kappa shape index (κ2) is 10.3. The van der Waals surface area contributed by atoms with Crippen LogP contribution in [-0.4, -0.2) is 47.4 Å². The molecule has 0 unspecified atom stereocenters. The third-order valence-electron chi connectivity index (χ3n) is 6.26. The van der Waals surface area contributed by atoms with E-state index in [0.717, 1.165) is 18.6 Å². The van der Waals surface area contributed by atoms with E-state index in [-0.39, 0.29) is 12.0 Å². The zero-order chi connectivity index (χ0) is 25.9. The Labute approximate surface area is 208 Å². The van der Waals surface area contributed by atoms with Gasteiger partial charge in [0.1, 0.15) is 5.69 Å². The molecule has 36 heavy (non-hydrogen) atoms. The predicted molar refractivity (Wildman–Crippen MR) is 130 cm³/mol. The highest BCUT2D eigenvalue weighted by Crippen LogP contribution is 2.38. The number of anilines is 1. The van der Waals surface area contributed by atoms with Crippen molar-refractivity contribution in [2.24, 2.45) is 0 Å². The fourth-order valence-electron chi connectivity index (χ4n) is 4.10. The molecule has 7 nitrogen and oxygen atoms in total. The van der Waals surface area contributed by atoms with E-state index in [9.17, 15) is 9.59 Å². The van der Waals surface area contributed by atoms with Gasteiger partial charge in [-0.2, -0.15) is 5.10 Å². The molecule has 1 aromatic heterocycles. The van der Waals surface area contributed by atoms with Gasteiger partial charge in [-0.25, -0.2) is 18.5 Å². The van der Waals surface area contributed by atoms with E-state index in [0.29, 0.717) is 29.3 Å². The van der Waals surface area contributed by atoms with Crippen LogP contribution in [0.1, 0.15) is 36.6 Å². The first-order valence-corrected chi connectivity index (χ1v) is 11.4. The second-order valence-electron chi connectivity index (χ2n) is 8.74. The molecular formula is C27H26F2N4O3. The SMILES string of the molecule is COCCCn1ccc([C@]2(C)CC(=O)N(c3c(F)cc(C#Cc4ccccc4)cc3F)C(=O)N2C)n1. The summed E-state index contributed by atoms with van der Waals surface area (Å²) < 4.78 is 36.9. The molecule has 1 aliphatic heterocycles. The number of hydrogen-bond acceptors (Lipinski definition) is 4. The number of methoxy groups -OCH3 is 1. The number of nitrogens with zero attached hydrogens (tertiary/aromatic N) is 4. The minimum Gasteiger partial charge on any atom is -0.385 e. The number of aromatic nitrogens is 2. The van der Waals surface area contributed by atoms with Gasteiger partial charge in [0, 0.05) is 44.6 Å². The minimum absolute atomic E-state index is 0.0896. The lowest BCUT2D eigenvalue weighted by Crippen LogP contribution is -2.60. The van der Waals surface area contributed by atoms with E-state index >= 15 is 8.78 Å². The fraction of sp³-hybridized carbons (Fsp3) is 0.296. The molecule has 0 radical (unpaired) electrons. The van der Waals surface area contributed by atoms with Crippen molar-refractivity contribution in [2.45, 2.75) is 31.8 Å². The molecule has 2 aromatic carbocycles. The molecule has 3 amide bonds. The van der Waals surface area contributed by atoms with Gasteiger partial charge in [-0.15, -0.1) is 0 Å². The summed E-state index contributed by atoms with van der Waals surface area (Å²) in [7, 11) is 3.11. The molecule has 2 heterocycles. The van der Waals surface area contributed by atoms with Crippen LogP contribution in [0, 0.1) is 23.5 Å². The van der Waals surface area contributed by atoms with Gasteiger partial charge in [0.2, 0.25) is 5.91 Å². The van der Waals surface area contributed by atoms with Crippen LogP contribution in [0.4, 0.5) is 19.3 Å². The van der Waals surface area contributed by atoms with E-state index < -0.39 is 34.8 Å². The number of benzene rings is 2. The Morgan fingerprint density at radius 2 is 1.72 bits per heavy atom. The Morgan fingerprint density at radius 1 is 1.06 bits per heavy atom. The molecule has 0 aliphatic carbocycles. The maximum absolute atomic E-state index is 15.1. The summed E-state index contributed by atoms with van der Waals surface area (Å²) in [6.07, 6.45) is 2.32. The normalized spacial score (nSPS) is 17.8. The third-order valence-corrected chi connectivity index (χ3v) is 6.26. The Kier molecular flexibility index (Phi) is 7.17. The van der Waals surface area contributed by atoms with Crippen molar-refractivity contribution in [3.8, 4) is 11.8 Å². The molecule has 0 saturated carbocycles. The van der Waals surface area contributed by atoms with E-state index in [1.54, 1.807) is 55.2 Å². The first kappa shape index (κ1) is 25.1. The Morgan fingerprint density at radius 3 is 2.39 bits per heavy atom. The largest absolute Gasteiger partial charge is 0.385 e. The van der Waals surface area contributed by atoms with Gasteiger partial charge in [0.15, 0.2) is 11.6 Å². The number of urea groups is 1. The Bertz CT molecular complexity index is 1320. The van der Waals surface area contributed by atoms with Crippen LogP contribution in [0.5, 0.6) is 0 Å². The minimum atomic E-state index is -1.08. The molecule has 1 saturated heterocycles. The zero-order valence-corrected chi connectivity index (χ0v) is 20.3. The maximum Gasteiger partial charge on any atom is 0.332 e. The summed E-state index contributed by atoms with van der Waals surface area (Å²) >= 11 is 0. The molecule has 4 rings (SSSR count). The highest BCUT2D eigenvalue weighted by atomic mass is 19.1. The number of halogens is 2. The molecule has 3 aromatic rings. The zero-order valence-electron chi connectivity index (χ0n) is 20.3. The van der Waals surface area contributed by atoms with Crippen molar-refractivity contribution in [3.05, 3.63) is 83.2 Å². The van der Waals surface area contributed by atoms with Crippen molar-refractivity contribution >= 4 is 17.6 Å². The highest BCUT2D eigenvalue weighted by Gasteiger charge is 2.48. The highest BCUT2D eigenvalue weighted by molar-refractivity contribution is 6.16. The van der Waals surface area contributed by atoms with Gasteiger partial charge in [-0.1, -0.05) is 30.0 Å². The lowest BCUT2D eigenvalue weighted by atomic mass is 9.89. The van der Waals surface area contributed by atoms with Gasteiger partial charge in [0.05, 0.1) is 17.7 Å². The van der Waals surface area contributed by atoms with E-state index in [1.165, 1.54) is 11.9 Å². The molecule has 0 spiro atoms. The smallest absolute Gasteiger partial charge is 0.332 e. The fourth-order valence-corrected chi connectivity index (χ4v) is 4.10. The van der Waals surface area contributed by atoms with Crippen LogP contribution in [0.2, 0.25) is 0 Å². The van der Waals surface area contributed by atoms with E-state index in [1.807, 2.05) is 6.07 Å². The van der Waals surface area contributed by atoms with Gasteiger partial charge >= 0.3 is 6.03 Å². The number of amides is 3. The predicted octanol–water partition coefficient (Wildman–Crippen LogP) is 4.30. The number of rotatable bonds is 6. The summed E-state index contributed by atoms with van der Waals surface area (Å²) in [4.78, 5) is 28.2.